The lowest BCUT2D eigenvalue weighted by Gasteiger charge is -2.47. The Hall–Kier alpha value is -2.94. The summed E-state index contributed by atoms with van der Waals surface area (Å²) in [4.78, 5) is 41.6. The van der Waals surface area contributed by atoms with Crippen molar-refractivity contribution < 1.29 is 14.3 Å². The van der Waals surface area contributed by atoms with Crippen molar-refractivity contribution in [3.63, 3.8) is 0 Å². The molecule has 170 valence electrons. The molecule has 9 nitrogen and oxygen atoms in total. The smallest absolute Gasteiger partial charge is 0.255 e. The monoisotopic (exact) mass is 438 g/mol. The Morgan fingerprint density at radius 1 is 1.31 bits per heavy atom. The second-order valence-corrected chi connectivity index (χ2v) is 9.67. The third kappa shape index (κ3) is 3.74. The number of ether oxygens (including phenoxy) is 1. The fourth-order valence-electron chi connectivity index (χ4n) is 5.03. The van der Waals surface area contributed by atoms with E-state index in [2.05, 4.69) is 26.8 Å². The molecule has 2 aromatic rings. The van der Waals surface area contributed by atoms with Gasteiger partial charge in [-0.05, 0) is 38.7 Å². The zero-order valence-electron chi connectivity index (χ0n) is 18.6. The van der Waals surface area contributed by atoms with Gasteiger partial charge in [0, 0.05) is 31.7 Å². The number of hydrogen-bond acceptors (Lipinski definition) is 6. The van der Waals surface area contributed by atoms with E-state index >= 15 is 0 Å². The van der Waals surface area contributed by atoms with E-state index in [9.17, 15) is 9.59 Å². The van der Waals surface area contributed by atoms with Gasteiger partial charge >= 0.3 is 0 Å². The first-order chi connectivity index (χ1) is 15.4. The molecule has 0 aromatic carbocycles. The molecule has 4 heterocycles. The van der Waals surface area contributed by atoms with E-state index in [1.807, 2.05) is 18.7 Å². The summed E-state index contributed by atoms with van der Waals surface area (Å²) in [5.74, 6) is 1.56. The van der Waals surface area contributed by atoms with Crippen molar-refractivity contribution in [1.29, 1.82) is 0 Å². The largest absolute Gasteiger partial charge is 0.379 e. The summed E-state index contributed by atoms with van der Waals surface area (Å²) in [5, 5.41) is 3.16. The summed E-state index contributed by atoms with van der Waals surface area (Å²) in [6.45, 7) is 10.8. The summed E-state index contributed by atoms with van der Waals surface area (Å²) in [7, 11) is 0. The van der Waals surface area contributed by atoms with Crippen LogP contribution >= 0.6 is 0 Å². The number of hydrogen-bond donors (Lipinski definition) is 2. The molecule has 3 aliphatic rings. The highest BCUT2D eigenvalue weighted by Crippen LogP contribution is 2.40. The number of nitrogens with one attached hydrogen (secondary N) is 2. The number of piperazine rings is 1. The highest BCUT2D eigenvalue weighted by atomic mass is 16.5. The van der Waals surface area contributed by atoms with Crippen LogP contribution in [0, 0.1) is 11.8 Å². The number of amides is 2. The van der Waals surface area contributed by atoms with Crippen molar-refractivity contribution in [3.8, 4) is 0 Å². The van der Waals surface area contributed by atoms with E-state index in [4.69, 9.17) is 9.72 Å². The summed E-state index contributed by atoms with van der Waals surface area (Å²) in [6, 6.07) is 0.0485. The molecule has 2 aliphatic heterocycles. The van der Waals surface area contributed by atoms with Gasteiger partial charge in [0.15, 0.2) is 5.65 Å². The van der Waals surface area contributed by atoms with Crippen molar-refractivity contribution in [3.05, 3.63) is 30.6 Å². The van der Waals surface area contributed by atoms with Gasteiger partial charge in [-0.1, -0.05) is 6.58 Å². The van der Waals surface area contributed by atoms with Crippen molar-refractivity contribution in [1.82, 2.24) is 25.2 Å². The standard InChI is InChI=1S/C23H30N6O3/c1-4-19(30)29-8-7-28(13-23(29,2)3)18-10-25-21-20(27-18)15(9-24-21)22(31)26-17-12-32-11-16(17)14-5-6-14/h4,9-10,14,16-17H,1,5-8,11-13H2,2-3H3,(H,24,25)(H,26,31)/t16-,17-/m1/s1. The van der Waals surface area contributed by atoms with Crippen LogP contribution in [0.15, 0.2) is 25.0 Å². The lowest BCUT2D eigenvalue weighted by molar-refractivity contribution is -0.131. The second-order valence-electron chi connectivity index (χ2n) is 9.67. The predicted molar refractivity (Wildman–Crippen MR) is 120 cm³/mol. The van der Waals surface area contributed by atoms with Crippen molar-refractivity contribution in [2.24, 2.45) is 11.8 Å². The maximum atomic E-state index is 13.1. The van der Waals surface area contributed by atoms with Crippen LogP contribution in [0.2, 0.25) is 0 Å². The van der Waals surface area contributed by atoms with E-state index in [0.717, 1.165) is 6.61 Å². The summed E-state index contributed by atoms with van der Waals surface area (Å²) < 4.78 is 5.64. The van der Waals surface area contributed by atoms with Gasteiger partial charge in [0.2, 0.25) is 5.91 Å². The zero-order chi connectivity index (χ0) is 22.5. The van der Waals surface area contributed by atoms with Crippen LogP contribution in [0.3, 0.4) is 0 Å². The van der Waals surface area contributed by atoms with E-state index in [1.54, 1.807) is 12.4 Å². The van der Waals surface area contributed by atoms with Crippen molar-refractivity contribution >= 4 is 28.8 Å². The fourth-order valence-corrected chi connectivity index (χ4v) is 5.03. The maximum absolute atomic E-state index is 13.1. The minimum Gasteiger partial charge on any atom is -0.379 e. The lowest BCUT2D eigenvalue weighted by atomic mass is 9.98. The third-order valence-electron chi connectivity index (χ3n) is 6.95. The first-order valence-corrected chi connectivity index (χ1v) is 11.3. The van der Waals surface area contributed by atoms with Gasteiger partial charge in [-0.15, -0.1) is 0 Å². The highest BCUT2D eigenvalue weighted by molar-refractivity contribution is 6.04. The Morgan fingerprint density at radius 3 is 2.84 bits per heavy atom. The van der Waals surface area contributed by atoms with Crippen LogP contribution in [0.1, 0.15) is 37.0 Å². The first-order valence-electron chi connectivity index (χ1n) is 11.3. The van der Waals surface area contributed by atoms with Gasteiger partial charge in [0.1, 0.15) is 11.3 Å². The Kier molecular flexibility index (Phi) is 5.16. The number of fused-ring (bicyclic) bond motifs is 1. The molecular weight excluding hydrogens is 408 g/mol. The van der Waals surface area contributed by atoms with Crippen LogP contribution in [0.5, 0.6) is 0 Å². The Bertz CT molecular complexity index is 1060. The average Bonchev–Trinajstić information content (AvgIpc) is 3.36. The molecule has 3 fully saturated rings. The molecule has 5 rings (SSSR count). The minimum absolute atomic E-state index is 0.0485. The van der Waals surface area contributed by atoms with Crippen LogP contribution in [-0.2, 0) is 9.53 Å². The molecule has 2 atom stereocenters. The number of carbonyl (C=O) groups is 2. The SMILES string of the molecule is C=CC(=O)N1CCN(c2cnc3[nH]cc(C(=O)N[C@@H]4COC[C@@H]4C4CC4)c3n2)CC1(C)C. The molecule has 9 heteroatoms. The van der Waals surface area contributed by atoms with E-state index in [1.165, 1.54) is 18.9 Å². The van der Waals surface area contributed by atoms with Gasteiger partial charge in [-0.2, -0.15) is 0 Å². The first kappa shape index (κ1) is 20.9. The number of rotatable bonds is 5. The van der Waals surface area contributed by atoms with Gasteiger partial charge in [0.25, 0.3) is 5.91 Å². The topological polar surface area (TPSA) is 103 Å². The summed E-state index contributed by atoms with van der Waals surface area (Å²) in [5.41, 5.74) is 1.26. The lowest BCUT2D eigenvalue weighted by Crippen LogP contribution is -2.61. The van der Waals surface area contributed by atoms with Gasteiger partial charge in [0.05, 0.1) is 36.6 Å². The van der Waals surface area contributed by atoms with Crippen molar-refractivity contribution in [2.75, 3.05) is 37.7 Å². The molecule has 2 amide bonds. The molecule has 1 aliphatic carbocycles. The van der Waals surface area contributed by atoms with Gasteiger partial charge in [-0.3, -0.25) is 9.59 Å². The molecule has 0 radical (unpaired) electrons. The number of aromatic amines is 1. The minimum atomic E-state index is -0.376. The molecule has 0 bridgehead atoms. The molecule has 2 saturated heterocycles. The molecule has 1 saturated carbocycles. The Morgan fingerprint density at radius 2 is 2.12 bits per heavy atom. The van der Waals surface area contributed by atoms with Crippen LogP contribution in [-0.4, -0.2) is 76.1 Å². The normalized spacial score (nSPS) is 25.2. The predicted octanol–water partition coefficient (Wildman–Crippen LogP) is 1.73. The number of carbonyl (C=O) groups excluding carboxylic acids is 2. The molecule has 32 heavy (non-hydrogen) atoms. The number of anilines is 1. The molecule has 0 spiro atoms. The van der Waals surface area contributed by atoms with E-state index in [-0.39, 0.29) is 23.4 Å². The second kappa shape index (κ2) is 7.88. The van der Waals surface area contributed by atoms with Crippen molar-refractivity contribution in [2.45, 2.75) is 38.3 Å². The summed E-state index contributed by atoms with van der Waals surface area (Å²) in [6.07, 6.45) is 7.21. The van der Waals surface area contributed by atoms with E-state index < -0.39 is 0 Å². The van der Waals surface area contributed by atoms with Crippen LogP contribution in [0.4, 0.5) is 5.82 Å². The molecule has 0 unspecified atom stereocenters. The maximum Gasteiger partial charge on any atom is 0.255 e. The van der Waals surface area contributed by atoms with E-state index in [0.29, 0.717) is 60.6 Å². The number of aromatic nitrogens is 3. The van der Waals surface area contributed by atoms with Crippen LogP contribution < -0.4 is 10.2 Å². The van der Waals surface area contributed by atoms with Gasteiger partial charge in [-0.25, -0.2) is 9.97 Å². The third-order valence-corrected chi connectivity index (χ3v) is 6.95. The average molecular weight is 439 g/mol. The summed E-state index contributed by atoms with van der Waals surface area (Å²) >= 11 is 0. The van der Waals surface area contributed by atoms with Crippen LogP contribution in [0.25, 0.3) is 11.2 Å². The quantitative estimate of drug-likeness (QED) is 0.689. The Labute approximate surface area is 187 Å². The number of H-pyrrole nitrogens is 1. The number of nitrogens with zero attached hydrogens (tertiary/aromatic N) is 4. The van der Waals surface area contributed by atoms with Gasteiger partial charge < -0.3 is 24.8 Å². The highest BCUT2D eigenvalue weighted by Gasteiger charge is 2.41. The zero-order valence-corrected chi connectivity index (χ0v) is 18.6. The molecule has 2 aromatic heterocycles. The fraction of sp³-hybridized carbons (Fsp3) is 0.565. The molecule has 2 N–H and O–H groups in total. The molecular formula is C23H30N6O3. The Balaban J connectivity index is 1.35.